The predicted octanol–water partition coefficient (Wildman–Crippen LogP) is 14.1. The fraction of sp³-hybridized carbons (Fsp3) is 0.0417. The van der Waals surface area contributed by atoms with E-state index in [1.807, 2.05) is 177 Å². The number of hydrogen-bond donors (Lipinski definition) is 1. The third-order valence-electron chi connectivity index (χ3n) is 9.59. The molecule has 282 valence electrons. The Bertz CT molecular complexity index is 3040. The number of rotatable bonds is 3. The lowest BCUT2D eigenvalue weighted by atomic mass is 9.97. The second-order valence-corrected chi connectivity index (χ2v) is 15.0. The molecular weight excluding hydrogens is 792 g/mol. The highest BCUT2D eigenvalue weighted by Gasteiger charge is 2.18. The molecule has 0 saturated carbocycles. The Morgan fingerprint density at radius 3 is 1.74 bits per heavy atom. The summed E-state index contributed by atoms with van der Waals surface area (Å²) in [5.74, 6) is 0.0228. The Hall–Kier alpha value is -5.82. The van der Waals surface area contributed by atoms with Crippen molar-refractivity contribution in [3.05, 3.63) is 202 Å². The smallest absolute Gasteiger partial charge is 0.253 e. The Labute approximate surface area is 349 Å². The monoisotopic (exact) mass is 825 g/mol. The summed E-state index contributed by atoms with van der Waals surface area (Å²) in [6.07, 6.45) is 5.81. The van der Waals surface area contributed by atoms with Crippen LogP contribution in [0.5, 0.6) is 0 Å². The van der Waals surface area contributed by atoms with E-state index in [2.05, 4.69) is 15.6 Å². The highest BCUT2D eigenvalue weighted by molar-refractivity contribution is 6.68. The molecule has 0 aliphatic rings. The number of carbonyl (C=O) groups is 2. The van der Waals surface area contributed by atoms with Crippen molar-refractivity contribution in [3.63, 3.8) is 0 Å². The van der Waals surface area contributed by atoms with Gasteiger partial charge in [0.2, 0.25) is 0 Å². The number of carbonyl (C=O) groups excluding carboxylic acids is 2. The number of halogens is 4. The predicted molar refractivity (Wildman–Crippen MR) is 241 cm³/mol. The summed E-state index contributed by atoms with van der Waals surface area (Å²) < 4.78 is 4.04. The lowest BCUT2D eigenvalue weighted by Crippen LogP contribution is -2.01. The Kier molecular flexibility index (Phi) is 12.1. The van der Waals surface area contributed by atoms with Crippen LogP contribution in [0, 0.1) is 0 Å². The van der Waals surface area contributed by atoms with Gasteiger partial charge in [0.25, 0.3) is 5.24 Å². The highest BCUT2D eigenvalue weighted by Crippen LogP contribution is 2.29. The van der Waals surface area contributed by atoms with Crippen LogP contribution >= 0.6 is 46.4 Å². The van der Waals surface area contributed by atoms with Crippen molar-refractivity contribution in [3.8, 4) is 0 Å². The maximum absolute atomic E-state index is 13.1. The van der Waals surface area contributed by atoms with Gasteiger partial charge in [-0.05, 0) is 106 Å². The Morgan fingerprint density at radius 2 is 1.05 bits per heavy atom. The van der Waals surface area contributed by atoms with Gasteiger partial charge in [-0.1, -0.05) is 114 Å². The summed E-state index contributed by atoms with van der Waals surface area (Å²) in [6, 6.07) is 48.4. The maximum atomic E-state index is 13.1. The number of aryl methyl sites for hydroxylation is 2. The molecule has 3 aromatic heterocycles. The third kappa shape index (κ3) is 8.93. The number of nitrogens with one attached hydrogen (secondary N) is 1. The zero-order valence-corrected chi connectivity index (χ0v) is 33.9. The first-order valence-electron chi connectivity index (χ1n) is 18.0. The Balaban J connectivity index is 0.000000124. The molecule has 0 fully saturated rings. The van der Waals surface area contributed by atoms with Crippen LogP contribution in [0.1, 0.15) is 26.3 Å². The molecule has 0 unspecified atom stereocenters. The van der Waals surface area contributed by atoms with Gasteiger partial charge >= 0.3 is 0 Å². The molecule has 10 rings (SSSR count). The summed E-state index contributed by atoms with van der Waals surface area (Å²) >= 11 is 23.1. The van der Waals surface area contributed by atoms with Crippen molar-refractivity contribution in [2.45, 2.75) is 0 Å². The van der Waals surface area contributed by atoms with E-state index in [0.717, 1.165) is 59.0 Å². The maximum Gasteiger partial charge on any atom is 0.253 e. The zero-order valence-electron chi connectivity index (χ0n) is 30.9. The molecule has 10 aromatic rings. The number of fused-ring (bicyclic) bond motifs is 5. The van der Waals surface area contributed by atoms with Crippen molar-refractivity contribution in [1.29, 1.82) is 0 Å². The van der Waals surface area contributed by atoms with Crippen LogP contribution in [-0.4, -0.2) is 25.1 Å². The lowest BCUT2D eigenvalue weighted by Gasteiger charge is -2.05. The molecule has 57 heavy (non-hydrogen) atoms. The number of aromatic amines is 1. The van der Waals surface area contributed by atoms with Gasteiger partial charge in [0.05, 0.1) is 0 Å². The van der Waals surface area contributed by atoms with Crippen molar-refractivity contribution in [1.82, 2.24) is 14.1 Å². The van der Waals surface area contributed by atoms with Gasteiger partial charge in [-0.25, -0.2) is 0 Å². The molecule has 0 atom stereocenters. The third-order valence-corrected chi connectivity index (χ3v) is 10.5. The summed E-state index contributed by atoms with van der Waals surface area (Å²) in [5, 5.41) is 9.03. The van der Waals surface area contributed by atoms with Crippen LogP contribution in [0.2, 0.25) is 15.1 Å². The van der Waals surface area contributed by atoms with E-state index in [1.165, 1.54) is 10.9 Å². The first-order valence-corrected chi connectivity index (χ1v) is 19.5. The molecule has 9 heteroatoms. The number of ketones is 1. The lowest BCUT2D eigenvalue weighted by molar-refractivity contribution is 0.104. The molecule has 5 nitrogen and oxygen atoms in total. The SMILES string of the molecule is Clc1ccc2[nH]ccc2c1.Cn1cc(C(=O)c2cccc3ccccc23)c2cc(Cl)ccc21.Cn1ccc2cc(Cl)ccc21.O=C(Cl)c1cccc2ccccc12. The van der Waals surface area contributed by atoms with Crippen LogP contribution in [0.3, 0.4) is 0 Å². The quantitative estimate of drug-likeness (QED) is 0.142. The van der Waals surface area contributed by atoms with Crippen molar-refractivity contribution in [2.75, 3.05) is 0 Å². The average molecular weight is 828 g/mol. The molecule has 0 aliphatic heterocycles. The fourth-order valence-corrected chi connectivity index (χ4v) is 7.49. The standard InChI is InChI=1S/C20H14ClNO.C11H7ClO.C9H8ClN.C8H6ClN/c1-22-12-18(17-11-14(21)9-10-19(17)22)20(23)16-8-4-6-13-5-2-3-7-15(13)16;12-11(13)10-7-3-5-8-4-1-2-6-9(8)10;1-11-5-4-7-6-8(10)2-3-9(7)11;9-7-1-2-8-6(5-7)3-4-10-8/h2-12H,1H3;1-7H;2-6H,1H3;1-5,10H. The van der Waals surface area contributed by atoms with Crippen molar-refractivity contribution in [2.24, 2.45) is 14.1 Å². The van der Waals surface area contributed by atoms with E-state index in [0.29, 0.717) is 16.1 Å². The van der Waals surface area contributed by atoms with Crippen LogP contribution in [0.25, 0.3) is 54.3 Å². The molecule has 0 spiro atoms. The molecular formula is C48H35Cl4N3O2. The minimum atomic E-state index is -0.406. The summed E-state index contributed by atoms with van der Waals surface area (Å²) in [5.41, 5.74) is 5.31. The topological polar surface area (TPSA) is 59.8 Å². The van der Waals surface area contributed by atoms with Gasteiger partial charge in [0.1, 0.15) is 0 Å². The van der Waals surface area contributed by atoms with E-state index in [-0.39, 0.29) is 5.78 Å². The highest BCUT2D eigenvalue weighted by atomic mass is 35.5. The normalized spacial score (nSPS) is 10.8. The Morgan fingerprint density at radius 1 is 0.491 bits per heavy atom. The van der Waals surface area contributed by atoms with E-state index in [4.69, 9.17) is 46.4 Å². The molecule has 1 N–H and O–H groups in total. The van der Waals surface area contributed by atoms with E-state index < -0.39 is 5.24 Å². The van der Waals surface area contributed by atoms with Gasteiger partial charge in [-0.2, -0.15) is 0 Å². The van der Waals surface area contributed by atoms with E-state index >= 15 is 0 Å². The molecule has 0 saturated heterocycles. The number of nitrogens with zero attached hydrogens (tertiary/aromatic N) is 2. The van der Waals surface area contributed by atoms with Crippen molar-refractivity contribution >= 4 is 112 Å². The van der Waals surface area contributed by atoms with Gasteiger partial charge in [0.15, 0.2) is 5.78 Å². The first kappa shape index (κ1) is 39.4. The number of aromatic nitrogens is 3. The zero-order chi connectivity index (χ0) is 40.1. The van der Waals surface area contributed by atoms with Crippen molar-refractivity contribution < 1.29 is 9.59 Å². The van der Waals surface area contributed by atoms with Gasteiger partial charge in [-0.15, -0.1) is 0 Å². The van der Waals surface area contributed by atoms with Crippen LogP contribution in [0.15, 0.2) is 170 Å². The van der Waals surface area contributed by atoms with E-state index in [9.17, 15) is 9.59 Å². The largest absolute Gasteiger partial charge is 0.361 e. The van der Waals surface area contributed by atoms with Crippen LogP contribution in [-0.2, 0) is 14.1 Å². The number of hydrogen-bond acceptors (Lipinski definition) is 2. The van der Waals surface area contributed by atoms with Gasteiger partial charge in [0, 0.05) is 97.2 Å². The number of H-pyrrole nitrogens is 1. The molecule has 0 radical (unpaired) electrons. The fourth-order valence-electron chi connectivity index (χ4n) is 6.79. The molecule has 0 aliphatic carbocycles. The summed E-state index contributed by atoms with van der Waals surface area (Å²) in [6.45, 7) is 0. The minimum Gasteiger partial charge on any atom is -0.361 e. The molecule has 3 heterocycles. The van der Waals surface area contributed by atoms with E-state index in [1.54, 1.807) is 6.07 Å². The van der Waals surface area contributed by atoms with Crippen LogP contribution < -0.4 is 0 Å². The summed E-state index contributed by atoms with van der Waals surface area (Å²) in [7, 11) is 3.96. The van der Waals surface area contributed by atoms with Gasteiger partial charge < -0.3 is 14.1 Å². The van der Waals surface area contributed by atoms with Crippen LogP contribution in [0.4, 0.5) is 0 Å². The first-order chi connectivity index (χ1) is 27.6. The second kappa shape index (κ2) is 17.5. The summed E-state index contributed by atoms with van der Waals surface area (Å²) in [4.78, 5) is 27.3. The molecule has 7 aromatic carbocycles. The van der Waals surface area contributed by atoms with Gasteiger partial charge in [-0.3, -0.25) is 9.59 Å². The molecule has 0 amide bonds. The molecule has 0 bridgehead atoms. The number of benzene rings is 7. The minimum absolute atomic E-state index is 0.0228. The average Bonchev–Trinajstić information content (AvgIpc) is 3.93. The second-order valence-electron chi connectivity index (χ2n) is 13.3.